The van der Waals surface area contributed by atoms with Crippen molar-refractivity contribution in [3.8, 4) is 0 Å². The monoisotopic (exact) mass is 262 g/mol. The average molecular weight is 262 g/mol. The standard InChI is InChI=1S/C12H26N2O2S/c1-11(2)12(3,4)10-13-17(15,16)14-8-6-5-7-9-14/h11,13H,5-10H2,1-4H3. The molecule has 0 saturated carbocycles. The summed E-state index contributed by atoms with van der Waals surface area (Å²) in [5.41, 5.74) is -0.0111. The molecule has 102 valence electrons. The van der Waals surface area contributed by atoms with E-state index < -0.39 is 10.2 Å². The Balaban J connectivity index is 2.55. The van der Waals surface area contributed by atoms with E-state index in [1.54, 1.807) is 4.31 Å². The van der Waals surface area contributed by atoms with Crippen LogP contribution in [0.25, 0.3) is 0 Å². The van der Waals surface area contributed by atoms with Gasteiger partial charge >= 0.3 is 0 Å². The van der Waals surface area contributed by atoms with E-state index in [1.165, 1.54) is 0 Å². The third-order valence-electron chi connectivity index (χ3n) is 3.93. The van der Waals surface area contributed by atoms with Gasteiger partial charge in [-0.2, -0.15) is 12.7 Å². The molecule has 1 heterocycles. The lowest BCUT2D eigenvalue weighted by molar-refractivity contribution is 0.248. The fourth-order valence-electron chi connectivity index (χ4n) is 1.68. The van der Waals surface area contributed by atoms with Gasteiger partial charge in [0.1, 0.15) is 0 Å². The van der Waals surface area contributed by atoms with Crippen LogP contribution in [-0.4, -0.2) is 32.4 Å². The number of rotatable bonds is 5. The zero-order valence-electron chi connectivity index (χ0n) is 11.5. The van der Waals surface area contributed by atoms with Crippen molar-refractivity contribution in [1.29, 1.82) is 0 Å². The van der Waals surface area contributed by atoms with Crippen molar-refractivity contribution >= 4 is 10.2 Å². The largest absolute Gasteiger partial charge is 0.279 e. The molecule has 0 unspecified atom stereocenters. The summed E-state index contributed by atoms with van der Waals surface area (Å²) >= 11 is 0. The summed E-state index contributed by atoms with van der Waals surface area (Å²) in [5, 5.41) is 0. The molecule has 1 aliphatic heterocycles. The molecule has 1 N–H and O–H groups in total. The zero-order chi connectivity index (χ0) is 13.1. The molecular formula is C12H26N2O2S. The molecule has 0 spiro atoms. The third kappa shape index (κ3) is 4.23. The van der Waals surface area contributed by atoms with Gasteiger partial charge in [0.15, 0.2) is 0 Å². The van der Waals surface area contributed by atoms with Crippen LogP contribution in [0.5, 0.6) is 0 Å². The van der Waals surface area contributed by atoms with Crippen LogP contribution >= 0.6 is 0 Å². The second kappa shape index (κ2) is 5.67. The van der Waals surface area contributed by atoms with Crippen LogP contribution in [0.3, 0.4) is 0 Å². The van der Waals surface area contributed by atoms with Crippen LogP contribution in [0.2, 0.25) is 0 Å². The summed E-state index contributed by atoms with van der Waals surface area (Å²) < 4.78 is 28.5. The van der Waals surface area contributed by atoms with Crippen molar-refractivity contribution in [1.82, 2.24) is 9.03 Å². The van der Waals surface area contributed by atoms with Crippen LogP contribution in [0.4, 0.5) is 0 Å². The Kier molecular flexibility index (Phi) is 4.98. The summed E-state index contributed by atoms with van der Waals surface area (Å²) in [6.45, 7) is 10.3. The molecule has 4 nitrogen and oxygen atoms in total. The lowest BCUT2D eigenvalue weighted by Crippen LogP contribution is -2.46. The highest BCUT2D eigenvalue weighted by molar-refractivity contribution is 7.87. The van der Waals surface area contributed by atoms with Crippen molar-refractivity contribution in [3.05, 3.63) is 0 Å². The Bertz CT molecular complexity index is 330. The number of nitrogens with one attached hydrogen (secondary N) is 1. The van der Waals surface area contributed by atoms with E-state index in [1.807, 2.05) is 0 Å². The minimum atomic E-state index is -3.27. The van der Waals surface area contributed by atoms with Crippen molar-refractivity contribution in [2.75, 3.05) is 19.6 Å². The lowest BCUT2D eigenvalue weighted by Gasteiger charge is -2.32. The molecule has 0 aromatic heterocycles. The predicted molar refractivity (Wildman–Crippen MR) is 71.0 cm³/mol. The van der Waals surface area contributed by atoms with E-state index >= 15 is 0 Å². The first-order valence-corrected chi connectivity index (χ1v) is 7.94. The van der Waals surface area contributed by atoms with Crippen LogP contribution in [-0.2, 0) is 10.2 Å². The Morgan fingerprint density at radius 1 is 1.18 bits per heavy atom. The SMILES string of the molecule is CC(C)C(C)(C)CNS(=O)(=O)N1CCCCC1. The average Bonchev–Trinajstić information content (AvgIpc) is 2.28. The van der Waals surface area contributed by atoms with Crippen molar-refractivity contribution in [3.63, 3.8) is 0 Å². The van der Waals surface area contributed by atoms with Gasteiger partial charge in [0.2, 0.25) is 0 Å². The second-order valence-corrected chi connectivity index (χ2v) is 7.68. The third-order valence-corrected chi connectivity index (χ3v) is 5.48. The van der Waals surface area contributed by atoms with Crippen LogP contribution in [0.15, 0.2) is 0 Å². The maximum atomic E-state index is 12.1. The summed E-state index contributed by atoms with van der Waals surface area (Å²) in [4.78, 5) is 0. The van der Waals surface area contributed by atoms with Crippen molar-refractivity contribution < 1.29 is 8.42 Å². The molecule has 0 aromatic carbocycles. The summed E-state index contributed by atoms with van der Waals surface area (Å²) in [5.74, 6) is 0.451. The van der Waals surface area contributed by atoms with Gasteiger partial charge in [-0.1, -0.05) is 34.1 Å². The highest BCUT2D eigenvalue weighted by Crippen LogP contribution is 2.25. The molecule has 0 radical (unpaired) electrons. The van der Waals surface area contributed by atoms with E-state index in [0.717, 1.165) is 19.3 Å². The highest BCUT2D eigenvalue weighted by atomic mass is 32.2. The molecule has 17 heavy (non-hydrogen) atoms. The number of hydrogen-bond acceptors (Lipinski definition) is 2. The molecule has 0 aliphatic carbocycles. The predicted octanol–water partition coefficient (Wildman–Crippen LogP) is 1.99. The van der Waals surface area contributed by atoms with Crippen molar-refractivity contribution in [2.24, 2.45) is 11.3 Å². The fraction of sp³-hybridized carbons (Fsp3) is 1.00. The number of hydrogen-bond donors (Lipinski definition) is 1. The first-order chi connectivity index (χ1) is 7.76. The zero-order valence-corrected chi connectivity index (χ0v) is 12.3. The molecule has 0 atom stereocenters. The summed E-state index contributed by atoms with van der Waals surface area (Å²) in [7, 11) is -3.27. The van der Waals surface area contributed by atoms with E-state index in [0.29, 0.717) is 25.6 Å². The van der Waals surface area contributed by atoms with Gasteiger partial charge in [-0.25, -0.2) is 4.72 Å². The van der Waals surface area contributed by atoms with Gasteiger partial charge in [-0.15, -0.1) is 0 Å². The molecular weight excluding hydrogens is 236 g/mol. The highest BCUT2D eigenvalue weighted by Gasteiger charge is 2.28. The number of nitrogens with zero attached hydrogens (tertiary/aromatic N) is 1. The van der Waals surface area contributed by atoms with Gasteiger partial charge in [0.25, 0.3) is 10.2 Å². The summed E-state index contributed by atoms with van der Waals surface area (Å²) in [6.07, 6.45) is 3.10. The van der Waals surface area contributed by atoms with E-state index in [4.69, 9.17) is 0 Å². The van der Waals surface area contributed by atoms with Gasteiger partial charge in [-0.3, -0.25) is 0 Å². The fourth-order valence-corrected chi connectivity index (χ4v) is 3.15. The van der Waals surface area contributed by atoms with Gasteiger partial charge < -0.3 is 0 Å². The molecule has 1 rings (SSSR count). The molecule has 1 saturated heterocycles. The first kappa shape index (κ1) is 14.9. The maximum absolute atomic E-state index is 12.1. The van der Waals surface area contributed by atoms with E-state index in [9.17, 15) is 8.42 Å². The molecule has 0 bridgehead atoms. The smallest absolute Gasteiger partial charge is 0.202 e. The topological polar surface area (TPSA) is 49.4 Å². The van der Waals surface area contributed by atoms with Crippen LogP contribution < -0.4 is 4.72 Å². The Morgan fingerprint density at radius 3 is 2.18 bits per heavy atom. The molecule has 5 heteroatoms. The quantitative estimate of drug-likeness (QED) is 0.823. The van der Waals surface area contributed by atoms with E-state index in [-0.39, 0.29) is 5.41 Å². The minimum Gasteiger partial charge on any atom is -0.202 e. The molecule has 0 aromatic rings. The molecule has 1 fully saturated rings. The number of piperidine rings is 1. The Labute approximate surface area is 106 Å². The van der Waals surface area contributed by atoms with Crippen molar-refractivity contribution in [2.45, 2.75) is 47.0 Å². The Morgan fingerprint density at radius 2 is 1.71 bits per heavy atom. The van der Waals surface area contributed by atoms with Gasteiger partial charge in [0.05, 0.1) is 0 Å². The lowest BCUT2D eigenvalue weighted by atomic mass is 9.81. The van der Waals surface area contributed by atoms with Gasteiger partial charge in [-0.05, 0) is 24.2 Å². The van der Waals surface area contributed by atoms with Gasteiger partial charge in [0, 0.05) is 19.6 Å². The minimum absolute atomic E-state index is 0.0111. The second-order valence-electron chi connectivity index (χ2n) is 5.93. The summed E-state index contributed by atoms with van der Waals surface area (Å²) in [6, 6.07) is 0. The Hall–Kier alpha value is -0.130. The maximum Gasteiger partial charge on any atom is 0.279 e. The first-order valence-electron chi connectivity index (χ1n) is 6.50. The molecule has 0 amide bonds. The van der Waals surface area contributed by atoms with Crippen LogP contribution in [0, 0.1) is 11.3 Å². The normalized spacial score (nSPS) is 19.8. The van der Waals surface area contributed by atoms with E-state index in [2.05, 4.69) is 32.4 Å². The van der Waals surface area contributed by atoms with Crippen LogP contribution in [0.1, 0.15) is 47.0 Å². The molecule has 1 aliphatic rings.